The number of anilines is 1. The van der Waals surface area contributed by atoms with E-state index in [4.69, 9.17) is 0 Å². The maximum absolute atomic E-state index is 12.0. The summed E-state index contributed by atoms with van der Waals surface area (Å²) in [6.45, 7) is 1.56. The van der Waals surface area contributed by atoms with Crippen molar-refractivity contribution in [2.75, 3.05) is 25.5 Å². The van der Waals surface area contributed by atoms with E-state index in [2.05, 4.69) is 57.3 Å². The summed E-state index contributed by atoms with van der Waals surface area (Å²) in [6.07, 6.45) is 4.18. The van der Waals surface area contributed by atoms with Crippen molar-refractivity contribution >= 4 is 41.5 Å². The third kappa shape index (κ3) is 4.74. The SMILES string of the molecule is CN=C(NCC1CC(=O)Nc2ccccc21)NCC1(c2ccccc2)CCC1.I. The smallest absolute Gasteiger partial charge is 0.225 e. The Hall–Kier alpha value is -2.09. The summed E-state index contributed by atoms with van der Waals surface area (Å²) in [5.74, 6) is 1.02. The predicted molar refractivity (Wildman–Crippen MR) is 129 cm³/mol. The molecular formula is C23H29IN4O. The van der Waals surface area contributed by atoms with Gasteiger partial charge in [0.15, 0.2) is 5.96 Å². The van der Waals surface area contributed by atoms with Gasteiger partial charge in [0.25, 0.3) is 0 Å². The lowest BCUT2D eigenvalue weighted by Gasteiger charge is -2.43. The molecular weight excluding hydrogens is 475 g/mol. The third-order valence-corrected chi connectivity index (χ3v) is 6.14. The average Bonchev–Trinajstić information content (AvgIpc) is 2.70. The summed E-state index contributed by atoms with van der Waals surface area (Å²) < 4.78 is 0. The van der Waals surface area contributed by atoms with Crippen molar-refractivity contribution in [3.8, 4) is 0 Å². The van der Waals surface area contributed by atoms with Crippen LogP contribution in [-0.4, -0.2) is 32.0 Å². The number of nitrogens with zero attached hydrogens (tertiary/aromatic N) is 1. The molecule has 1 atom stereocenters. The first-order chi connectivity index (χ1) is 13.7. The lowest BCUT2D eigenvalue weighted by atomic mass is 9.64. The van der Waals surface area contributed by atoms with Crippen molar-refractivity contribution in [1.82, 2.24) is 10.6 Å². The number of amides is 1. The van der Waals surface area contributed by atoms with Crippen molar-refractivity contribution < 1.29 is 4.79 Å². The van der Waals surface area contributed by atoms with E-state index < -0.39 is 0 Å². The molecule has 6 heteroatoms. The lowest BCUT2D eigenvalue weighted by Crippen LogP contribution is -2.49. The number of hydrogen-bond acceptors (Lipinski definition) is 2. The topological polar surface area (TPSA) is 65.5 Å². The van der Waals surface area contributed by atoms with E-state index >= 15 is 0 Å². The summed E-state index contributed by atoms with van der Waals surface area (Å²) in [5, 5.41) is 9.91. The maximum atomic E-state index is 12.0. The monoisotopic (exact) mass is 504 g/mol. The molecule has 3 N–H and O–H groups in total. The molecule has 0 bridgehead atoms. The molecule has 1 fully saturated rings. The molecule has 29 heavy (non-hydrogen) atoms. The van der Waals surface area contributed by atoms with Crippen LogP contribution in [0.15, 0.2) is 59.6 Å². The van der Waals surface area contributed by atoms with Crippen molar-refractivity contribution in [3.05, 3.63) is 65.7 Å². The molecule has 1 heterocycles. The molecule has 1 amide bonds. The van der Waals surface area contributed by atoms with Crippen LogP contribution in [0.3, 0.4) is 0 Å². The second-order valence-corrected chi connectivity index (χ2v) is 7.84. The number of nitrogens with one attached hydrogen (secondary N) is 3. The molecule has 0 aromatic heterocycles. The van der Waals surface area contributed by atoms with Gasteiger partial charge >= 0.3 is 0 Å². The van der Waals surface area contributed by atoms with Gasteiger partial charge in [-0.05, 0) is 30.0 Å². The number of carbonyl (C=O) groups is 1. The van der Waals surface area contributed by atoms with Crippen LogP contribution in [0, 0.1) is 0 Å². The first-order valence-electron chi connectivity index (χ1n) is 10.1. The second kappa shape index (κ2) is 9.61. The van der Waals surface area contributed by atoms with Crippen LogP contribution in [0.25, 0.3) is 0 Å². The van der Waals surface area contributed by atoms with Gasteiger partial charge in [0.2, 0.25) is 5.91 Å². The van der Waals surface area contributed by atoms with E-state index in [0.29, 0.717) is 13.0 Å². The van der Waals surface area contributed by atoms with Crippen molar-refractivity contribution in [2.24, 2.45) is 4.99 Å². The van der Waals surface area contributed by atoms with E-state index in [0.717, 1.165) is 18.2 Å². The molecule has 1 unspecified atom stereocenters. The van der Waals surface area contributed by atoms with Gasteiger partial charge in [-0.1, -0.05) is 55.0 Å². The molecule has 0 spiro atoms. The van der Waals surface area contributed by atoms with E-state index in [1.807, 2.05) is 18.2 Å². The van der Waals surface area contributed by atoms with Crippen LogP contribution in [0.2, 0.25) is 0 Å². The summed E-state index contributed by atoms with van der Waals surface area (Å²) in [5.41, 5.74) is 3.72. The fourth-order valence-corrected chi connectivity index (χ4v) is 4.34. The van der Waals surface area contributed by atoms with Crippen molar-refractivity contribution in [2.45, 2.75) is 37.0 Å². The van der Waals surface area contributed by atoms with E-state index in [1.165, 1.54) is 30.4 Å². The van der Waals surface area contributed by atoms with Crippen LogP contribution in [0.4, 0.5) is 5.69 Å². The fraction of sp³-hybridized carbons (Fsp3) is 0.391. The molecule has 2 aliphatic rings. The number of guanidine groups is 1. The third-order valence-electron chi connectivity index (χ3n) is 6.14. The minimum Gasteiger partial charge on any atom is -0.356 e. The fourth-order valence-electron chi connectivity index (χ4n) is 4.34. The minimum absolute atomic E-state index is 0. The molecule has 0 saturated heterocycles. The zero-order valence-corrected chi connectivity index (χ0v) is 19.1. The highest BCUT2D eigenvalue weighted by Gasteiger charge is 2.38. The molecule has 1 aliphatic carbocycles. The molecule has 2 aromatic carbocycles. The molecule has 2 aromatic rings. The van der Waals surface area contributed by atoms with Gasteiger partial charge in [-0.15, -0.1) is 24.0 Å². The maximum Gasteiger partial charge on any atom is 0.225 e. The number of hydrogen-bond donors (Lipinski definition) is 3. The molecule has 5 nitrogen and oxygen atoms in total. The highest BCUT2D eigenvalue weighted by Crippen LogP contribution is 2.43. The van der Waals surface area contributed by atoms with Crippen LogP contribution < -0.4 is 16.0 Å². The number of para-hydroxylation sites is 1. The molecule has 1 saturated carbocycles. The standard InChI is InChI=1S/C23H28N4O.HI/c1-24-22(26-16-23(12-7-13-23)18-8-3-2-4-9-18)25-15-17-14-21(28)27-20-11-6-5-10-19(17)20;/h2-6,8-11,17H,7,12-16H2,1H3,(H,27,28)(H2,24,25,26);1H. The van der Waals surface area contributed by atoms with Crippen LogP contribution in [0.1, 0.15) is 42.7 Å². The van der Waals surface area contributed by atoms with Gasteiger partial charge in [0.1, 0.15) is 0 Å². The van der Waals surface area contributed by atoms with E-state index in [-0.39, 0.29) is 41.2 Å². The van der Waals surface area contributed by atoms with Gasteiger partial charge in [-0.3, -0.25) is 9.79 Å². The number of aliphatic imine (C=N–C) groups is 1. The minimum atomic E-state index is 0. The Balaban J connectivity index is 0.00000240. The number of carbonyl (C=O) groups excluding carboxylic acids is 1. The molecule has 1 aliphatic heterocycles. The van der Waals surface area contributed by atoms with Gasteiger partial charge in [0.05, 0.1) is 0 Å². The lowest BCUT2D eigenvalue weighted by molar-refractivity contribution is -0.116. The number of fused-ring (bicyclic) bond motifs is 1. The molecule has 0 radical (unpaired) electrons. The number of rotatable bonds is 5. The van der Waals surface area contributed by atoms with Gasteiger partial charge < -0.3 is 16.0 Å². The normalized spacial score (nSPS) is 19.8. The zero-order chi connectivity index (χ0) is 19.4. The highest BCUT2D eigenvalue weighted by atomic mass is 127. The molecule has 154 valence electrons. The second-order valence-electron chi connectivity index (χ2n) is 7.84. The highest BCUT2D eigenvalue weighted by molar-refractivity contribution is 14.0. The Kier molecular flexibility index (Phi) is 7.16. The first kappa shape index (κ1) is 21.6. The summed E-state index contributed by atoms with van der Waals surface area (Å²) >= 11 is 0. The average molecular weight is 504 g/mol. The predicted octanol–water partition coefficient (Wildman–Crippen LogP) is 4.02. The van der Waals surface area contributed by atoms with Crippen LogP contribution in [-0.2, 0) is 10.2 Å². The van der Waals surface area contributed by atoms with Crippen LogP contribution >= 0.6 is 24.0 Å². The summed E-state index contributed by atoms with van der Waals surface area (Å²) in [7, 11) is 1.80. The van der Waals surface area contributed by atoms with E-state index in [9.17, 15) is 4.79 Å². The Morgan fingerprint density at radius 3 is 2.52 bits per heavy atom. The van der Waals surface area contributed by atoms with Gasteiger partial charge in [-0.2, -0.15) is 0 Å². The summed E-state index contributed by atoms with van der Waals surface area (Å²) in [4.78, 5) is 16.4. The Morgan fingerprint density at radius 1 is 1.10 bits per heavy atom. The van der Waals surface area contributed by atoms with E-state index in [1.54, 1.807) is 7.05 Å². The molecule has 4 rings (SSSR count). The Morgan fingerprint density at radius 2 is 1.83 bits per heavy atom. The van der Waals surface area contributed by atoms with Crippen molar-refractivity contribution in [3.63, 3.8) is 0 Å². The Bertz CT molecular complexity index is 864. The van der Waals surface area contributed by atoms with Crippen molar-refractivity contribution in [1.29, 1.82) is 0 Å². The largest absolute Gasteiger partial charge is 0.356 e. The number of benzene rings is 2. The summed E-state index contributed by atoms with van der Waals surface area (Å²) in [6, 6.07) is 18.8. The van der Waals surface area contributed by atoms with Crippen LogP contribution in [0.5, 0.6) is 0 Å². The quantitative estimate of drug-likeness (QED) is 0.328. The first-order valence-corrected chi connectivity index (χ1v) is 10.1. The zero-order valence-electron chi connectivity index (χ0n) is 16.8. The van der Waals surface area contributed by atoms with Gasteiger partial charge in [0, 0.05) is 43.6 Å². The number of halogens is 1. The van der Waals surface area contributed by atoms with Gasteiger partial charge in [-0.25, -0.2) is 0 Å². The Labute approximate surface area is 189 Å².